The van der Waals surface area contributed by atoms with Gasteiger partial charge in [-0.3, -0.25) is 14.4 Å². The first-order chi connectivity index (χ1) is 37.0. The minimum atomic E-state index is -0.878. The average Bonchev–Trinajstić information content (AvgIpc) is 3.41. The van der Waals surface area contributed by atoms with Gasteiger partial charge in [0, 0.05) is 19.3 Å². The van der Waals surface area contributed by atoms with E-state index in [0.29, 0.717) is 19.3 Å². The first-order valence-electron chi connectivity index (χ1n) is 28.6. The number of allylic oxidation sites excluding steroid dienone is 34. The molecule has 0 fully saturated rings. The lowest BCUT2D eigenvalue weighted by molar-refractivity contribution is -0.166. The number of carbonyl (C=O) groups excluding carboxylic acids is 3. The van der Waals surface area contributed by atoms with E-state index in [9.17, 15) is 14.4 Å². The van der Waals surface area contributed by atoms with Crippen molar-refractivity contribution in [2.24, 2.45) is 0 Å². The molecule has 0 aliphatic carbocycles. The molecule has 0 saturated heterocycles. The summed E-state index contributed by atoms with van der Waals surface area (Å²) in [7, 11) is 0. The maximum atomic E-state index is 12.8. The average molecular weight is 1030 g/mol. The van der Waals surface area contributed by atoms with Crippen LogP contribution >= 0.6 is 0 Å². The predicted molar refractivity (Wildman–Crippen MR) is 324 cm³/mol. The van der Waals surface area contributed by atoms with Crippen LogP contribution in [0.15, 0.2) is 207 Å². The van der Waals surface area contributed by atoms with Crippen LogP contribution in [0.3, 0.4) is 0 Å². The van der Waals surface area contributed by atoms with Gasteiger partial charge in [-0.1, -0.05) is 234 Å². The lowest BCUT2D eigenvalue weighted by atomic mass is 10.1. The second-order valence-corrected chi connectivity index (χ2v) is 17.7. The van der Waals surface area contributed by atoms with Crippen LogP contribution in [0.2, 0.25) is 0 Å². The van der Waals surface area contributed by atoms with Gasteiger partial charge in [0.2, 0.25) is 0 Å². The molecule has 0 aliphatic rings. The van der Waals surface area contributed by atoms with Gasteiger partial charge in [0.25, 0.3) is 0 Å². The summed E-state index contributed by atoms with van der Waals surface area (Å²) in [6, 6.07) is 0. The minimum absolute atomic E-state index is 0.162. The van der Waals surface area contributed by atoms with E-state index in [2.05, 4.69) is 203 Å². The van der Waals surface area contributed by atoms with E-state index >= 15 is 0 Å². The molecule has 0 bridgehead atoms. The highest BCUT2D eigenvalue weighted by Gasteiger charge is 2.19. The highest BCUT2D eigenvalue weighted by molar-refractivity contribution is 5.71. The van der Waals surface area contributed by atoms with E-state index in [-0.39, 0.29) is 38.4 Å². The fourth-order valence-corrected chi connectivity index (χ4v) is 6.64. The van der Waals surface area contributed by atoms with Crippen LogP contribution in [0.25, 0.3) is 0 Å². The van der Waals surface area contributed by atoms with Gasteiger partial charge in [-0.15, -0.1) is 0 Å². The Balaban J connectivity index is 4.73. The van der Waals surface area contributed by atoms with Crippen LogP contribution in [-0.4, -0.2) is 37.2 Å². The molecule has 0 saturated carbocycles. The molecule has 6 nitrogen and oxygen atoms in total. The molecule has 0 amide bonds. The Morgan fingerprint density at radius 3 is 0.800 bits per heavy atom. The molecule has 75 heavy (non-hydrogen) atoms. The number of rotatable bonds is 48. The quantitative estimate of drug-likeness (QED) is 0.0261. The third kappa shape index (κ3) is 58.7. The molecule has 0 spiro atoms. The monoisotopic (exact) mass is 1020 g/mol. The fourth-order valence-electron chi connectivity index (χ4n) is 6.64. The Morgan fingerprint density at radius 2 is 0.507 bits per heavy atom. The van der Waals surface area contributed by atoms with Crippen LogP contribution in [0.5, 0.6) is 0 Å². The molecule has 0 N–H and O–H groups in total. The lowest BCUT2D eigenvalue weighted by Crippen LogP contribution is -2.30. The summed E-state index contributed by atoms with van der Waals surface area (Å²) in [5.74, 6) is -1.18. The SMILES string of the molecule is CC/C=C/C/C=C/C/C=C/C/C=C/C/C=C/C/C=C/CCC(=O)OC[C@@H](COC(=O)CCCCC/C=C/C/C=C/C/C=C/C/C=C/C/C=C/CC)OC(=O)CC/C=C/C/C=C/C/C=C/C/C=C/C/C=C/C/C=C/CC. The molecule has 6 heteroatoms. The van der Waals surface area contributed by atoms with E-state index in [4.69, 9.17) is 14.2 Å². The van der Waals surface area contributed by atoms with Crippen LogP contribution in [-0.2, 0) is 28.6 Å². The van der Waals surface area contributed by atoms with E-state index in [1.54, 1.807) is 0 Å². The van der Waals surface area contributed by atoms with Crippen molar-refractivity contribution >= 4 is 17.9 Å². The summed E-state index contributed by atoms with van der Waals surface area (Å²) >= 11 is 0. The van der Waals surface area contributed by atoms with Crippen molar-refractivity contribution in [3.05, 3.63) is 207 Å². The molecule has 0 radical (unpaired) electrons. The zero-order valence-electron chi connectivity index (χ0n) is 47.0. The molecule has 0 rings (SSSR count). The molecule has 1 atom stereocenters. The van der Waals surface area contributed by atoms with Crippen LogP contribution in [0.4, 0.5) is 0 Å². The number of hydrogen-bond acceptors (Lipinski definition) is 6. The summed E-state index contributed by atoms with van der Waals surface area (Å²) in [6.07, 6.45) is 94.1. The molecule has 0 aliphatic heterocycles. The van der Waals surface area contributed by atoms with Crippen molar-refractivity contribution in [1.82, 2.24) is 0 Å². The van der Waals surface area contributed by atoms with Crippen LogP contribution in [0.1, 0.15) is 188 Å². The molecule has 0 aromatic rings. The van der Waals surface area contributed by atoms with Crippen LogP contribution < -0.4 is 0 Å². The van der Waals surface area contributed by atoms with Crippen molar-refractivity contribution in [1.29, 1.82) is 0 Å². The summed E-state index contributed by atoms with van der Waals surface area (Å²) in [5, 5.41) is 0. The Labute approximate surface area is 458 Å². The first kappa shape index (κ1) is 69.0. The van der Waals surface area contributed by atoms with E-state index < -0.39 is 18.0 Å². The standard InChI is InChI=1S/C69H100O6/c1-4-7-10-13-16-19-22-25-28-31-34-37-40-43-46-49-52-55-58-61-67(70)73-64-66(75-69(72)63-60-57-54-51-48-45-42-39-36-33-30-27-24-21-18-15-12-9-6-3)65-74-68(71)62-59-56-53-50-47-44-41-38-35-32-29-26-23-20-17-14-11-8-5-2/h7-12,16-21,25-30,34-39,43-48,52,54-55,57,66H,4-6,13-15,22-24,31-33,40-42,49-51,53,56,58-65H2,1-3H3/b10-7+,11-8+,12-9+,19-16+,20-17+,21-18+,28-25+,29-26+,30-27+,37-34+,38-35+,39-36+,46-43+,47-44+,48-45+,55-52+,57-54+/t66-/m0/s1. The van der Waals surface area contributed by atoms with E-state index in [0.717, 1.165) is 128 Å². The Kier molecular flexibility index (Phi) is 55.7. The summed E-state index contributed by atoms with van der Waals surface area (Å²) in [5.41, 5.74) is 0. The number of hydrogen-bond donors (Lipinski definition) is 0. The number of esters is 3. The van der Waals surface area contributed by atoms with Crippen molar-refractivity contribution in [3.8, 4) is 0 Å². The zero-order valence-corrected chi connectivity index (χ0v) is 47.0. The normalized spacial score (nSPS) is 13.7. The molecular formula is C69H100O6. The minimum Gasteiger partial charge on any atom is -0.462 e. The number of ether oxygens (including phenoxy) is 3. The van der Waals surface area contributed by atoms with E-state index in [1.807, 2.05) is 24.3 Å². The maximum absolute atomic E-state index is 12.8. The first-order valence-corrected chi connectivity index (χ1v) is 28.6. The highest BCUT2D eigenvalue weighted by Crippen LogP contribution is 2.09. The summed E-state index contributed by atoms with van der Waals surface area (Å²) in [4.78, 5) is 38.1. The second-order valence-electron chi connectivity index (χ2n) is 17.7. The van der Waals surface area contributed by atoms with Gasteiger partial charge >= 0.3 is 17.9 Å². The molecule has 412 valence electrons. The largest absolute Gasteiger partial charge is 0.462 e. The predicted octanol–water partition coefficient (Wildman–Crippen LogP) is 19.6. The van der Waals surface area contributed by atoms with Crippen molar-refractivity contribution in [2.45, 2.75) is 194 Å². The summed E-state index contributed by atoms with van der Waals surface area (Å²) < 4.78 is 16.7. The Bertz CT molecular complexity index is 1900. The fraction of sp³-hybridized carbons (Fsp3) is 0.464. The zero-order chi connectivity index (χ0) is 54.3. The lowest BCUT2D eigenvalue weighted by Gasteiger charge is -2.18. The smallest absolute Gasteiger partial charge is 0.306 e. The molecule has 0 unspecified atom stereocenters. The van der Waals surface area contributed by atoms with Crippen molar-refractivity contribution < 1.29 is 28.6 Å². The van der Waals surface area contributed by atoms with Gasteiger partial charge < -0.3 is 14.2 Å². The number of unbranched alkanes of at least 4 members (excludes halogenated alkanes) is 3. The third-order valence-electron chi connectivity index (χ3n) is 10.8. The van der Waals surface area contributed by atoms with Gasteiger partial charge in [-0.05, 0) is 141 Å². The highest BCUT2D eigenvalue weighted by atomic mass is 16.6. The number of carbonyl (C=O) groups is 3. The molecular weight excluding hydrogens is 925 g/mol. The van der Waals surface area contributed by atoms with Gasteiger partial charge in [0.1, 0.15) is 13.2 Å². The molecule has 0 aromatic carbocycles. The Hall–Kier alpha value is -6.01. The topological polar surface area (TPSA) is 78.9 Å². The van der Waals surface area contributed by atoms with Gasteiger partial charge in [-0.2, -0.15) is 0 Å². The molecule has 0 heterocycles. The van der Waals surface area contributed by atoms with Gasteiger partial charge in [0.05, 0.1) is 0 Å². The van der Waals surface area contributed by atoms with Crippen molar-refractivity contribution in [3.63, 3.8) is 0 Å². The van der Waals surface area contributed by atoms with Crippen LogP contribution in [0, 0.1) is 0 Å². The molecule has 0 aromatic heterocycles. The van der Waals surface area contributed by atoms with Gasteiger partial charge in [0.15, 0.2) is 6.10 Å². The second kappa shape index (κ2) is 60.5. The van der Waals surface area contributed by atoms with Gasteiger partial charge in [-0.25, -0.2) is 0 Å². The van der Waals surface area contributed by atoms with E-state index in [1.165, 1.54) is 0 Å². The van der Waals surface area contributed by atoms with Crippen molar-refractivity contribution in [2.75, 3.05) is 13.2 Å². The Morgan fingerprint density at radius 1 is 0.267 bits per heavy atom. The maximum Gasteiger partial charge on any atom is 0.306 e. The summed E-state index contributed by atoms with van der Waals surface area (Å²) in [6.45, 7) is 6.11. The third-order valence-corrected chi connectivity index (χ3v) is 10.8.